The highest BCUT2D eigenvalue weighted by Gasteiger charge is 2.19. The Morgan fingerprint density at radius 2 is 1.76 bits per heavy atom. The number of nitrogens with one attached hydrogen (secondary N) is 1. The Morgan fingerprint density at radius 3 is 2.24 bits per heavy atom. The van der Waals surface area contributed by atoms with Gasteiger partial charge in [-0.3, -0.25) is 4.79 Å². The highest BCUT2D eigenvalue weighted by molar-refractivity contribution is 5.83. The molecular weight excluding hydrogens is 222 g/mol. The van der Waals surface area contributed by atoms with Crippen molar-refractivity contribution in [2.45, 2.75) is 52.0 Å². The summed E-state index contributed by atoms with van der Waals surface area (Å²) in [4.78, 5) is 32.9. The Balaban J connectivity index is 3.87. The summed E-state index contributed by atoms with van der Waals surface area (Å²) in [6.07, 6.45) is 3.59. The zero-order valence-corrected chi connectivity index (χ0v) is 10.7. The lowest BCUT2D eigenvalue weighted by Crippen LogP contribution is -2.40. The second-order valence-electron chi connectivity index (χ2n) is 4.08. The summed E-state index contributed by atoms with van der Waals surface area (Å²) in [6, 6.07) is -0.574. The van der Waals surface area contributed by atoms with Crippen molar-refractivity contribution in [3.8, 4) is 0 Å². The van der Waals surface area contributed by atoms with Gasteiger partial charge >= 0.3 is 5.97 Å². The molecule has 0 spiro atoms. The third kappa shape index (κ3) is 8.42. The molecule has 1 unspecified atom stereocenters. The maximum Gasteiger partial charge on any atom is 0.328 e. The standard InChI is InChI=1S/C12H21NO4/c1-9(14)7-5-4-6-8-11(12(16)17-3)13-10(2)15/h11H,4-8H2,1-3H3,(H,13,15). The van der Waals surface area contributed by atoms with Crippen LogP contribution in [0, 0.1) is 0 Å². The van der Waals surface area contributed by atoms with Gasteiger partial charge in [0.05, 0.1) is 7.11 Å². The number of Topliss-reactive ketones (excluding diaryl/α,β-unsaturated/α-hetero) is 1. The number of rotatable bonds is 8. The third-order valence-corrected chi connectivity index (χ3v) is 2.38. The van der Waals surface area contributed by atoms with E-state index in [0.717, 1.165) is 19.3 Å². The molecule has 0 saturated heterocycles. The number of ether oxygens (including phenoxy) is 1. The van der Waals surface area contributed by atoms with Gasteiger partial charge in [-0.2, -0.15) is 0 Å². The Morgan fingerprint density at radius 1 is 1.12 bits per heavy atom. The van der Waals surface area contributed by atoms with E-state index >= 15 is 0 Å². The van der Waals surface area contributed by atoms with Crippen LogP contribution in [0.4, 0.5) is 0 Å². The molecule has 0 aromatic rings. The van der Waals surface area contributed by atoms with E-state index in [1.807, 2.05) is 0 Å². The molecule has 0 aromatic heterocycles. The van der Waals surface area contributed by atoms with Crippen LogP contribution in [-0.2, 0) is 19.1 Å². The zero-order valence-electron chi connectivity index (χ0n) is 10.7. The number of amides is 1. The van der Waals surface area contributed by atoms with Gasteiger partial charge < -0.3 is 14.8 Å². The first kappa shape index (κ1) is 15.6. The quantitative estimate of drug-likeness (QED) is 0.513. The molecule has 98 valence electrons. The smallest absolute Gasteiger partial charge is 0.328 e. The molecule has 0 heterocycles. The normalized spacial score (nSPS) is 11.7. The van der Waals surface area contributed by atoms with Gasteiger partial charge in [0.25, 0.3) is 0 Å². The summed E-state index contributed by atoms with van der Waals surface area (Å²) >= 11 is 0. The Labute approximate surface area is 102 Å². The molecule has 0 aliphatic carbocycles. The SMILES string of the molecule is COC(=O)C(CCCCCC(C)=O)NC(C)=O. The molecular formula is C12H21NO4. The molecule has 0 rings (SSSR count). The van der Waals surface area contributed by atoms with Crippen molar-refractivity contribution in [3.63, 3.8) is 0 Å². The number of ketones is 1. The first-order valence-electron chi connectivity index (χ1n) is 5.81. The minimum Gasteiger partial charge on any atom is -0.467 e. The minimum atomic E-state index is -0.574. The number of carbonyl (C=O) groups is 3. The van der Waals surface area contributed by atoms with Crippen LogP contribution in [0.3, 0.4) is 0 Å². The van der Waals surface area contributed by atoms with Crippen LogP contribution in [0.1, 0.15) is 46.0 Å². The topological polar surface area (TPSA) is 72.5 Å². The second kappa shape index (κ2) is 8.73. The molecule has 1 atom stereocenters. The lowest BCUT2D eigenvalue weighted by molar-refractivity contribution is -0.145. The third-order valence-electron chi connectivity index (χ3n) is 2.38. The molecule has 0 saturated carbocycles. The average molecular weight is 243 g/mol. The van der Waals surface area contributed by atoms with Crippen LogP contribution in [0.5, 0.6) is 0 Å². The molecule has 5 heteroatoms. The lowest BCUT2D eigenvalue weighted by Gasteiger charge is -2.14. The van der Waals surface area contributed by atoms with Gasteiger partial charge in [0.1, 0.15) is 11.8 Å². The number of methoxy groups -OCH3 is 1. The van der Waals surface area contributed by atoms with Crippen molar-refractivity contribution in [2.75, 3.05) is 7.11 Å². The van der Waals surface area contributed by atoms with Crippen molar-refractivity contribution >= 4 is 17.7 Å². The second-order valence-corrected chi connectivity index (χ2v) is 4.08. The maximum atomic E-state index is 11.3. The largest absolute Gasteiger partial charge is 0.467 e. The summed E-state index contributed by atoms with van der Waals surface area (Å²) in [5.41, 5.74) is 0. The van der Waals surface area contributed by atoms with E-state index in [1.54, 1.807) is 6.92 Å². The Bertz CT molecular complexity index is 276. The number of esters is 1. The number of carbonyl (C=O) groups excluding carboxylic acids is 3. The number of hydrogen-bond acceptors (Lipinski definition) is 4. The van der Waals surface area contributed by atoms with Crippen molar-refractivity contribution in [3.05, 3.63) is 0 Å². The van der Waals surface area contributed by atoms with E-state index in [9.17, 15) is 14.4 Å². The fraction of sp³-hybridized carbons (Fsp3) is 0.750. The molecule has 0 bridgehead atoms. The first-order chi connectivity index (χ1) is 7.97. The van der Waals surface area contributed by atoms with Gasteiger partial charge in [0.2, 0.25) is 5.91 Å². The van der Waals surface area contributed by atoms with Gasteiger partial charge in [-0.1, -0.05) is 12.8 Å². The summed E-state index contributed by atoms with van der Waals surface area (Å²) in [5.74, 6) is -0.493. The highest BCUT2D eigenvalue weighted by atomic mass is 16.5. The van der Waals surface area contributed by atoms with Crippen molar-refractivity contribution < 1.29 is 19.1 Å². The summed E-state index contributed by atoms with van der Waals surface area (Å²) in [5, 5.41) is 2.55. The van der Waals surface area contributed by atoms with Crippen molar-refractivity contribution in [1.29, 1.82) is 0 Å². The predicted molar refractivity (Wildman–Crippen MR) is 63.4 cm³/mol. The van der Waals surface area contributed by atoms with Gasteiger partial charge in [-0.25, -0.2) is 4.79 Å². The van der Waals surface area contributed by atoms with E-state index < -0.39 is 12.0 Å². The molecule has 5 nitrogen and oxygen atoms in total. The van der Waals surface area contributed by atoms with Gasteiger partial charge in [0, 0.05) is 13.3 Å². The van der Waals surface area contributed by atoms with E-state index in [4.69, 9.17) is 0 Å². The molecule has 0 radical (unpaired) electrons. The monoisotopic (exact) mass is 243 g/mol. The maximum absolute atomic E-state index is 11.3. The van der Waals surface area contributed by atoms with Crippen LogP contribution in [0.2, 0.25) is 0 Å². The van der Waals surface area contributed by atoms with Crippen LogP contribution in [-0.4, -0.2) is 30.8 Å². The van der Waals surface area contributed by atoms with Crippen LogP contribution in [0.15, 0.2) is 0 Å². The van der Waals surface area contributed by atoms with E-state index in [0.29, 0.717) is 12.8 Å². The van der Waals surface area contributed by atoms with Gasteiger partial charge in [-0.05, 0) is 19.8 Å². The Kier molecular flexibility index (Phi) is 8.01. The molecule has 17 heavy (non-hydrogen) atoms. The van der Waals surface area contributed by atoms with Gasteiger partial charge in [-0.15, -0.1) is 0 Å². The first-order valence-corrected chi connectivity index (χ1v) is 5.81. The lowest BCUT2D eigenvalue weighted by atomic mass is 10.1. The van der Waals surface area contributed by atoms with E-state index in [-0.39, 0.29) is 11.7 Å². The minimum absolute atomic E-state index is 0.177. The Hall–Kier alpha value is -1.39. The molecule has 0 aliphatic heterocycles. The van der Waals surface area contributed by atoms with E-state index in [1.165, 1.54) is 14.0 Å². The fourth-order valence-electron chi connectivity index (χ4n) is 1.54. The van der Waals surface area contributed by atoms with Gasteiger partial charge in [0.15, 0.2) is 0 Å². The molecule has 1 N–H and O–H groups in total. The fourth-order valence-corrected chi connectivity index (χ4v) is 1.54. The summed E-state index contributed by atoms with van der Waals surface area (Å²) < 4.78 is 4.60. The summed E-state index contributed by atoms with van der Waals surface area (Å²) in [6.45, 7) is 2.93. The average Bonchev–Trinajstić information content (AvgIpc) is 2.25. The summed E-state index contributed by atoms with van der Waals surface area (Å²) in [7, 11) is 1.30. The predicted octanol–water partition coefficient (Wildman–Crippen LogP) is 1.20. The molecule has 0 fully saturated rings. The highest BCUT2D eigenvalue weighted by Crippen LogP contribution is 2.07. The van der Waals surface area contributed by atoms with Crippen LogP contribution in [0.25, 0.3) is 0 Å². The number of unbranched alkanes of at least 4 members (excludes halogenated alkanes) is 2. The molecule has 0 aromatic carbocycles. The van der Waals surface area contributed by atoms with Crippen LogP contribution < -0.4 is 5.32 Å². The van der Waals surface area contributed by atoms with Crippen molar-refractivity contribution in [2.24, 2.45) is 0 Å². The molecule has 0 aliphatic rings. The van der Waals surface area contributed by atoms with E-state index in [2.05, 4.69) is 10.1 Å². The van der Waals surface area contributed by atoms with Crippen molar-refractivity contribution in [1.82, 2.24) is 5.32 Å². The van der Waals surface area contributed by atoms with Crippen LogP contribution >= 0.6 is 0 Å². The molecule has 1 amide bonds. The number of hydrogen-bond donors (Lipinski definition) is 1. The zero-order chi connectivity index (χ0) is 13.3.